The second-order valence-electron chi connectivity index (χ2n) is 6.06. The molecule has 0 aromatic carbocycles. The number of nitrogens with zero attached hydrogens (tertiary/aromatic N) is 3. The largest absolute Gasteiger partial charge is 0.433 e. The van der Waals surface area contributed by atoms with E-state index in [1.165, 1.54) is 0 Å². The lowest BCUT2D eigenvalue weighted by molar-refractivity contribution is -0.172. The highest BCUT2D eigenvalue weighted by molar-refractivity contribution is 5.84. The van der Waals surface area contributed by atoms with E-state index in [-0.39, 0.29) is 12.3 Å². The van der Waals surface area contributed by atoms with Gasteiger partial charge in [0, 0.05) is 6.20 Å². The van der Waals surface area contributed by atoms with E-state index in [0.717, 1.165) is 31.9 Å². The van der Waals surface area contributed by atoms with E-state index < -0.39 is 29.8 Å². The fourth-order valence-corrected chi connectivity index (χ4v) is 3.01. The lowest BCUT2D eigenvalue weighted by Crippen LogP contribution is -2.51. The van der Waals surface area contributed by atoms with Crippen LogP contribution in [0.2, 0.25) is 0 Å². The smallest absolute Gasteiger partial charge is 0.285 e. The van der Waals surface area contributed by atoms with Gasteiger partial charge in [-0.25, -0.2) is 15.0 Å². The maximum Gasteiger partial charge on any atom is 0.433 e. The number of rotatable bonds is 6. The summed E-state index contributed by atoms with van der Waals surface area (Å²) < 4.78 is 37.9. The minimum Gasteiger partial charge on any atom is -0.285 e. The Bertz CT molecular complexity index is 621. The van der Waals surface area contributed by atoms with Gasteiger partial charge in [0.2, 0.25) is 12.4 Å². The molecule has 0 radical (unpaired) electrons. The van der Waals surface area contributed by atoms with Crippen LogP contribution in [0.25, 0.3) is 0 Å². The lowest BCUT2D eigenvalue weighted by Gasteiger charge is -2.29. The zero-order chi connectivity index (χ0) is 19.2. The molecule has 0 aliphatic heterocycles. The van der Waals surface area contributed by atoms with Crippen molar-refractivity contribution in [2.75, 3.05) is 5.43 Å². The van der Waals surface area contributed by atoms with Crippen molar-refractivity contribution < 1.29 is 28.0 Å². The van der Waals surface area contributed by atoms with Crippen molar-refractivity contribution in [3.63, 3.8) is 0 Å². The third-order valence-electron chi connectivity index (χ3n) is 4.25. The van der Waals surface area contributed by atoms with Crippen LogP contribution in [0, 0.1) is 5.92 Å². The van der Waals surface area contributed by atoms with Gasteiger partial charge < -0.3 is 0 Å². The van der Waals surface area contributed by atoms with Gasteiger partial charge in [-0.2, -0.15) is 13.2 Å². The van der Waals surface area contributed by atoms with Gasteiger partial charge in [-0.1, -0.05) is 25.7 Å². The number of carbonyl (C=O) groups excluding carboxylic acids is 2. The van der Waals surface area contributed by atoms with Crippen LogP contribution in [0.5, 0.6) is 0 Å². The monoisotopic (exact) mass is 375 g/mol. The van der Waals surface area contributed by atoms with E-state index in [1.54, 1.807) is 0 Å². The van der Waals surface area contributed by atoms with E-state index in [0.29, 0.717) is 24.0 Å². The summed E-state index contributed by atoms with van der Waals surface area (Å²) in [5, 5.41) is 10.1. The molecule has 8 nitrogen and oxygen atoms in total. The number of halogens is 3. The predicted molar refractivity (Wildman–Crippen MR) is 83.5 cm³/mol. The molecular formula is C15H20F3N5O3. The summed E-state index contributed by atoms with van der Waals surface area (Å²) in [7, 11) is 0. The molecule has 1 fully saturated rings. The molecule has 1 aromatic rings. The number of anilines is 1. The minimum atomic E-state index is -4.65. The van der Waals surface area contributed by atoms with Gasteiger partial charge in [-0.3, -0.25) is 25.6 Å². The molecule has 3 N–H and O–H groups in total. The summed E-state index contributed by atoms with van der Waals surface area (Å²) in [6.07, 6.45) is 1.45. The summed E-state index contributed by atoms with van der Waals surface area (Å²) in [4.78, 5) is 30.2. The number of hydrogen-bond donors (Lipinski definition) is 3. The zero-order valence-corrected chi connectivity index (χ0v) is 13.9. The maximum atomic E-state index is 12.6. The van der Waals surface area contributed by atoms with Gasteiger partial charge in [-0.05, 0) is 24.8 Å². The molecule has 0 bridgehead atoms. The van der Waals surface area contributed by atoms with Crippen molar-refractivity contribution in [2.24, 2.45) is 5.92 Å². The van der Waals surface area contributed by atoms with Gasteiger partial charge in [0.1, 0.15) is 11.7 Å². The summed E-state index contributed by atoms with van der Waals surface area (Å²) in [6.45, 7) is 0. The Balaban J connectivity index is 2.06. The highest BCUT2D eigenvalue weighted by atomic mass is 19.4. The fraction of sp³-hybridized carbons (Fsp3) is 0.600. The quantitative estimate of drug-likeness (QED) is 0.304. The Morgan fingerprint density at radius 2 is 1.96 bits per heavy atom. The third kappa shape index (κ3) is 5.28. The fourth-order valence-electron chi connectivity index (χ4n) is 3.01. The van der Waals surface area contributed by atoms with E-state index in [1.807, 2.05) is 0 Å². The SMILES string of the molecule is O=CN(O)C(C(=O)NNc1nccc(C(F)(F)F)n1)C1CCCCCC1. The first-order chi connectivity index (χ1) is 12.3. The van der Waals surface area contributed by atoms with Crippen LogP contribution in [0.1, 0.15) is 44.2 Å². The third-order valence-corrected chi connectivity index (χ3v) is 4.25. The molecule has 1 atom stereocenters. The molecule has 1 saturated carbocycles. The standard InChI is InChI=1S/C15H20F3N5O3/c16-15(17,18)11-7-8-19-14(20-11)22-21-13(25)12(23(26)9-24)10-5-3-1-2-4-6-10/h7-10,12,26H,1-6H2,(H,21,25)(H,19,20,22). The van der Waals surface area contributed by atoms with Crippen molar-refractivity contribution in [1.82, 2.24) is 20.5 Å². The Morgan fingerprint density at radius 1 is 1.31 bits per heavy atom. The number of amides is 2. The van der Waals surface area contributed by atoms with Gasteiger partial charge >= 0.3 is 6.18 Å². The number of alkyl halides is 3. The molecule has 0 spiro atoms. The average Bonchev–Trinajstić information content (AvgIpc) is 2.89. The molecular weight excluding hydrogens is 355 g/mol. The van der Waals surface area contributed by atoms with Crippen LogP contribution >= 0.6 is 0 Å². The summed E-state index contributed by atoms with van der Waals surface area (Å²) in [5.41, 5.74) is 3.20. The molecule has 1 unspecified atom stereocenters. The number of hydrogen-bond acceptors (Lipinski definition) is 6. The van der Waals surface area contributed by atoms with Crippen molar-refractivity contribution in [2.45, 2.75) is 50.7 Å². The highest BCUT2D eigenvalue weighted by Crippen LogP contribution is 2.28. The average molecular weight is 375 g/mol. The summed E-state index contributed by atoms with van der Waals surface area (Å²) in [6, 6.07) is -0.452. The van der Waals surface area contributed by atoms with Crippen LogP contribution in [0.15, 0.2) is 12.3 Å². The van der Waals surface area contributed by atoms with Crippen molar-refractivity contribution in [3.05, 3.63) is 18.0 Å². The van der Waals surface area contributed by atoms with Gasteiger partial charge in [0.15, 0.2) is 0 Å². The first kappa shape index (κ1) is 19.9. The molecule has 1 aliphatic rings. The molecule has 26 heavy (non-hydrogen) atoms. The molecule has 144 valence electrons. The number of hydroxylamine groups is 2. The van der Waals surface area contributed by atoms with Crippen molar-refractivity contribution in [3.8, 4) is 0 Å². The Labute approximate surface area is 147 Å². The van der Waals surface area contributed by atoms with Gasteiger partial charge in [0.25, 0.3) is 5.91 Å². The van der Waals surface area contributed by atoms with E-state index >= 15 is 0 Å². The molecule has 11 heteroatoms. The van der Waals surface area contributed by atoms with Crippen LogP contribution in [0.4, 0.5) is 19.1 Å². The van der Waals surface area contributed by atoms with E-state index in [4.69, 9.17) is 0 Å². The molecule has 2 rings (SSSR count). The normalized spacial score (nSPS) is 17.1. The van der Waals surface area contributed by atoms with Crippen LogP contribution in [0.3, 0.4) is 0 Å². The molecule has 1 aromatic heterocycles. The van der Waals surface area contributed by atoms with E-state index in [2.05, 4.69) is 20.8 Å². The Kier molecular flexibility index (Phi) is 6.72. The predicted octanol–water partition coefficient (Wildman–Crippen LogP) is 2.13. The summed E-state index contributed by atoms with van der Waals surface area (Å²) in [5.74, 6) is -1.46. The van der Waals surface area contributed by atoms with Gasteiger partial charge in [0.05, 0.1) is 0 Å². The van der Waals surface area contributed by atoms with E-state index in [9.17, 15) is 28.0 Å². The first-order valence-electron chi connectivity index (χ1n) is 8.21. The first-order valence-corrected chi connectivity index (χ1v) is 8.21. The molecule has 1 aliphatic carbocycles. The van der Waals surface area contributed by atoms with Crippen LogP contribution in [-0.2, 0) is 15.8 Å². The number of hydrazine groups is 1. The lowest BCUT2D eigenvalue weighted by atomic mass is 9.91. The van der Waals surface area contributed by atoms with Gasteiger partial charge in [-0.15, -0.1) is 0 Å². The Morgan fingerprint density at radius 3 is 2.54 bits per heavy atom. The van der Waals surface area contributed by atoms with Crippen molar-refractivity contribution >= 4 is 18.3 Å². The molecule has 2 amide bonds. The summed E-state index contributed by atoms with van der Waals surface area (Å²) >= 11 is 0. The maximum absolute atomic E-state index is 12.6. The molecule has 1 heterocycles. The molecule has 0 saturated heterocycles. The van der Waals surface area contributed by atoms with Crippen LogP contribution < -0.4 is 10.9 Å². The number of nitrogens with one attached hydrogen (secondary N) is 2. The van der Waals surface area contributed by atoms with Crippen molar-refractivity contribution in [1.29, 1.82) is 0 Å². The number of aromatic nitrogens is 2. The zero-order valence-electron chi connectivity index (χ0n) is 13.9. The second-order valence-corrected chi connectivity index (χ2v) is 6.06. The highest BCUT2D eigenvalue weighted by Gasteiger charge is 2.34. The minimum absolute atomic E-state index is 0.135. The topological polar surface area (TPSA) is 107 Å². The van der Waals surface area contributed by atoms with Crippen LogP contribution in [-0.4, -0.2) is 38.6 Å². The second kappa shape index (κ2) is 8.79. The number of carbonyl (C=O) groups is 2. The Hall–Kier alpha value is -2.43.